The Morgan fingerprint density at radius 3 is 2.29 bits per heavy atom. The summed E-state index contributed by atoms with van der Waals surface area (Å²) in [6, 6.07) is 0. The molecule has 1 saturated heterocycles. The van der Waals surface area contributed by atoms with E-state index in [1.54, 1.807) is 0 Å². The molecular weight excluding hydrogens is 387 g/mol. The Balaban J connectivity index is 1.96. The molecule has 21 heavy (non-hydrogen) atoms. The molecule has 1 aliphatic heterocycles. The highest BCUT2D eigenvalue weighted by Crippen LogP contribution is 2.39. The predicted molar refractivity (Wildman–Crippen MR) is 85.3 cm³/mol. The van der Waals surface area contributed by atoms with E-state index in [0.29, 0.717) is 18.8 Å². The zero-order chi connectivity index (χ0) is 15.8. The molecule has 0 spiro atoms. The van der Waals surface area contributed by atoms with Crippen LogP contribution < -0.4 is 0 Å². The first-order valence-electron chi connectivity index (χ1n) is 7.44. The number of carbonyl (C=O) groups is 2. The van der Waals surface area contributed by atoms with Gasteiger partial charge >= 0.3 is 12.1 Å². The van der Waals surface area contributed by atoms with Crippen LogP contribution in [0.25, 0.3) is 0 Å². The lowest BCUT2D eigenvalue weighted by molar-refractivity contribution is -0.161. The number of fused-ring (bicyclic) bond motifs is 1. The third-order valence-electron chi connectivity index (χ3n) is 4.35. The molecule has 0 radical (unpaired) electrons. The van der Waals surface area contributed by atoms with Crippen molar-refractivity contribution < 1.29 is 23.8 Å². The lowest BCUT2D eigenvalue weighted by Crippen LogP contribution is -2.39. The fraction of sp³-hybridized carbons (Fsp3) is 0.867. The maximum Gasteiger partial charge on any atom is 0.509 e. The van der Waals surface area contributed by atoms with Gasteiger partial charge in [-0.3, -0.25) is 4.79 Å². The monoisotopic (exact) mass is 410 g/mol. The van der Waals surface area contributed by atoms with Crippen molar-refractivity contribution in [2.24, 2.45) is 11.3 Å². The second-order valence-electron chi connectivity index (χ2n) is 6.69. The van der Waals surface area contributed by atoms with Crippen molar-refractivity contribution in [1.29, 1.82) is 0 Å². The van der Waals surface area contributed by atoms with Crippen LogP contribution in [0, 0.1) is 11.3 Å². The topological polar surface area (TPSA) is 61.8 Å². The summed E-state index contributed by atoms with van der Waals surface area (Å²) < 4.78 is 16.0. The Labute approximate surface area is 139 Å². The first-order chi connectivity index (χ1) is 9.72. The molecule has 2 rings (SSSR count). The lowest BCUT2D eigenvalue weighted by atomic mass is 9.79. The normalized spacial score (nSPS) is 32.1. The van der Waals surface area contributed by atoms with Gasteiger partial charge in [0.25, 0.3) is 0 Å². The van der Waals surface area contributed by atoms with E-state index in [9.17, 15) is 9.59 Å². The number of rotatable bonds is 5. The molecule has 120 valence electrons. The van der Waals surface area contributed by atoms with Gasteiger partial charge < -0.3 is 14.2 Å². The summed E-state index contributed by atoms with van der Waals surface area (Å²) >= 11 is 2.29. The fourth-order valence-corrected chi connectivity index (χ4v) is 3.59. The van der Waals surface area contributed by atoms with Crippen molar-refractivity contribution >= 4 is 34.7 Å². The lowest BCUT2D eigenvalue weighted by Gasteiger charge is -2.33. The summed E-state index contributed by atoms with van der Waals surface area (Å²) in [5.74, 6) is 0.265. The van der Waals surface area contributed by atoms with Gasteiger partial charge in [0.05, 0.1) is 5.41 Å². The summed E-state index contributed by atoms with van der Waals surface area (Å²) in [5.41, 5.74) is -0.496. The molecular formula is C15H23IO5. The Morgan fingerprint density at radius 2 is 1.86 bits per heavy atom. The molecule has 0 aromatic carbocycles. The highest BCUT2D eigenvalue weighted by molar-refractivity contribution is 14.1. The summed E-state index contributed by atoms with van der Waals surface area (Å²) in [7, 11) is 0. The average molecular weight is 410 g/mol. The van der Waals surface area contributed by atoms with Crippen molar-refractivity contribution in [3.05, 3.63) is 0 Å². The SMILES string of the molecule is CC(C)CC(C)(C(=O)OC1CC2OC(=O)OC2C1)C(C)I. The molecule has 1 aliphatic carbocycles. The molecule has 0 amide bonds. The van der Waals surface area contributed by atoms with E-state index in [0.717, 1.165) is 6.42 Å². The largest absolute Gasteiger partial charge is 0.509 e. The Morgan fingerprint density at radius 1 is 1.33 bits per heavy atom. The zero-order valence-corrected chi connectivity index (χ0v) is 15.1. The maximum atomic E-state index is 12.6. The first kappa shape index (κ1) is 16.8. The molecule has 5 nitrogen and oxygen atoms in total. The van der Waals surface area contributed by atoms with Crippen LogP contribution >= 0.6 is 22.6 Å². The molecule has 2 fully saturated rings. The predicted octanol–water partition coefficient (Wildman–Crippen LogP) is 3.47. The van der Waals surface area contributed by atoms with E-state index in [-0.39, 0.29) is 28.2 Å². The van der Waals surface area contributed by atoms with Gasteiger partial charge in [0.2, 0.25) is 0 Å². The Bertz CT molecular complexity index is 406. The van der Waals surface area contributed by atoms with Crippen LogP contribution in [0.4, 0.5) is 4.79 Å². The third-order valence-corrected chi connectivity index (χ3v) is 5.73. The van der Waals surface area contributed by atoms with Crippen LogP contribution in [0.1, 0.15) is 47.0 Å². The smallest absolute Gasteiger partial charge is 0.462 e. The van der Waals surface area contributed by atoms with Crippen LogP contribution in [-0.2, 0) is 19.0 Å². The van der Waals surface area contributed by atoms with Crippen molar-refractivity contribution in [2.75, 3.05) is 0 Å². The molecule has 6 heteroatoms. The van der Waals surface area contributed by atoms with Crippen molar-refractivity contribution in [2.45, 2.75) is 69.2 Å². The number of carbonyl (C=O) groups excluding carboxylic acids is 2. The number of hydrogen-bond acceptors (Lipinski definition) is 5. The van der Waals surface area contributed by atoms with Crippen molar-refractivity contribution in [3.63, 3.8) is 0 Å². The standard InChI is InChI=1S/C15H23IO5/c1-8(2)7-15(4,9(3)16)13(17)19-10-5-11-12(6-10)21-14(18)20-11/h8-12H,5-7H2,1-4H3. The van der Waals surface area contributed by atoms with E-state index in [1.807, 2.05) is 13.8 Å². The quantitative estimate of drug-likeness (QED) is 0.395. The summed E-state index contributed by atoms with van der Waals surface area (Å²) in [5, 5.41) is 0. The summed E-state index contributed by atoms with van der Waals surface area (Å²) in [6.07, 6.45) is 0.515. The summed E-state index contributed by atoms with van der Waals surface area (Å²) in [4.78, 5) is 23.6. The number of alkyl halides is 1. The Hall–Kier alpha value is -0.530. The van der Waals surface area contributed by atoms with Gasteiger partial charge in [-0.1, -0.05) is 43.4 Å². The zero-order valence-electron chi connectivity index (χ0n) is 12.9. The van der Waals surface area contributed by atoms with Crippen molar-refractivity contribution in [1.82, 2.24) is 0 Å². The number of esters is 1. The van der Waals surface area contributed by atoms with Gasteiger partial charge in [0.1, 0.15) is 18.3 Å². The van der Waals surface area contributed by atoms with Crippen LogP contribution in [-0.4, -0.2) is 34.4 Å². The second-order valence-corrected chi connectivity index (χ2v) is 8.56. The van der Waals surface area contributed by atoms with E-state index in [2.05, 4.69) is 36.4 Å². The second kappa shape index (κ2) is 6.30. The molecule has 0 bridgehead atoms. The highest BCUT2D eigenvalue weighted by atomic mass is 127. The molecule has 4 atom stereocenters. The van der Waals surface area contributed by atoms with Gasteiger partial charge in [-0.25, -0.2) is 4.79 Å². The van der Waals surface area contributed by atoms with Crippen LogP contribution in [0.3, 0.4) is 0 Å². The van der Waals surface area contributed by atoms with Crippen LogP contribution in [0.2, 0.25) is 0 Å². The highest BCUT2D eigenvalue weighted by Gasteiger charge is 2.48. The van der Waals surface area contributed by atoms with Crippen LogP contribution in [0.5, 0.6) is 0 Å². The molecule has 4 unspecified atom stereocenters. The average Bonchev–Trinajstić information content (AvgIpc) is 2.83. The van der Waals surface area contributed by atoms with E-state index in [4.69, 9.17) is 14.2 Å². The van der Waals surface area contributed by atoms with Gasteiger partial charge in [-0.05, 0) is 19.3 Å². The number of halogens is 1. The summed E-state index contributed by atoms with van der Waals surface area (Å²) in [6.45, 7) is 8.23. The fourth-order valence-electron chi connectivity index (χ4n) is 3.08. The molecule has 0 N–H and O–H groups in total. The Kier molecular flexibility index (Phi) is 5.05. The minimum atomic E-state index is -0.611. The molecule has 1 saturated carbocycles. The third kappa shape index (κ3) is 3.63. The van der Waals surface area contributed by atoms with Gasteiger partial charge in [-0.2, -0.15) is 0 Å². The number of hydrogen-bond donors (Lipinski definition) is 0. The molecule has 2 aliphatic rings. The number of ether oxygens (including phenoxy) is 3. The minimum Gasteiger partial charge on any atom is -0.462 e. The minimum absolute atomic E-state index is 0.158. The first-order valence-corrected chi connectivity index (χ1v) is 8.69. The molecule has 1 heterocycles. The maximum absolute atomic E-state index is 12.6. The van der Waals surface area contributed by atoms with Crippen LogP contribution in [0.15, 0.2) is 0 Å². The molecule has 0 aromatic heterocycles. The van der Waals surface area contributed by atoms with E-state index in [1.165, 1.54) is 0 Å². The van der Waals surface area contributed by atoms with E-state index >= 15 is 0 Å². The van der Waals surface area contributed by atoms with E-state index < -0.39 is 11.6 Å². The van der Waals surface area contributed by atoms with Gasteiger partial charge in [0, 0.05) is 16.8 Å². The van der Waals surface area contributed by atoms with Crippen molar-refractivity contribution in [3.8, 4) is 0 Å². The molecule has 0 aromatic rings. The van der Waals surface area contributed by atoms with Gasteiger partial charge in [-0.15, -0.1) is 0 Å². The van der Waals surface area contributed by atoms with Gasteiger partial charge in [0.15, 0.2) is 0 Å².